The molecule has 0 atom stereocenters. The highest BCUT2D eigenvalue weighted by atomic mass is 35.5. The smallest absolute Gasteiger partial charge is 0.243 e. The summed E-state index contributed by atoms with van der Waals surface area (Å²) < 4.78 is 5.64. The van der Waals surface area contributed by atoms with Crippen molar-refractivity contribution < 1.29 is 4.74 Å². The van der Waals surface area contributed by atoms with E-state index in [4.69, 9.17) is 22.1 Å². The molecular formula is C12H12ClN3O. The van der Waals surface area contributed by atoms with Crippen molar-refractivity contribution in [2.75, 3.05) is 5.73 Å². The molecule has 0 amide bonds. The van der Waals surface area contributed by atoms with Crippen molar-refractivity contribution in [3.05, 3.63) is 40.5 Å². The molecule has 0 saturated heterocycles. The van der Waals surface area contributed by atoms with E-state index in [0.29, 0.717) is 10.8 Å². The molecule has 17 heavy (non-hydrogen) atoms. The van der Waals surface area contributed by atoms with Crippen molar-refractivity contribution >= 4 is 17.5 Å². The molecule has 0 aliphatic heterocycles. The van der Waals surface area contributed by atoms with Crippen LogP contribution in [0.5, 0.6) is 11.6 Å². The predicted molar refractivity (Wildman–Crippen MR) is 67.4 cm³/mol. The topological polar surface area (TPSA) is 61.0 Å². The Morgan fingerprint density at radius 2 is 2.06 bits per heavy atom. The molecule has 2 N–H and O–H groups in total. The van der Waals surface area contributed by atoms with Gasteiger partial charge in [-0.3, -0.25) is 0 Å². The lowest BCUT2D eigenvalue weighted by molar-refractivity contribution is 0.459. The van der Waals surface area contributed by atoms with E-state index in [-0.39, 0.29) is 11.8 Å². The Labute approximate surface area is 104 Å². The summed E-state index contributed by atoms with van der Waals surface area (Å²) in [6, 6.07) is 5.91. The maximum atomic E-state index is 5.93. The van der Waals surface area contributed by atoms with E-state index in [1.165, 1.54) is 6.20 Å². The third-order valence-electron chi connectivity index (χ3n) is 2.28. The van der Waals surface area contributed by atoms with E-state index in [0.717, 1.165) is 11.1 Å². The first kappa shape index (κ1) is 11.7. The Morgan fingerprint density at radius 1 is 1.29 bits per heavy atom. The van der Waals surface area contributed by atoms with Crippen molar-refractivity contribution in [1.82, 2.24) is 9.97 Å². The molecule has 0 bridgehead atoms. The van der Waals surface area contributed by atoms with Crippen LogP contribution < -0.4 is 10.5 Å². The lowest BCUT2D eigenvalue weighted by atomic mass is 10.1. The Bertz CT molecular complexity index is 508. The third-order valence-corrected chi connectivity index (χ3v) is 2.54. The fraction of sp³-hybridized carbons (Fsp3) is 0.167. The second-order valence-electron chi connectivity index (χ2n) is 3.75. The number of anilines is 1. The van der Waals surface area contributed by atoms with Crippen LogP contribution in [0.3, 0.4) is 0 Å². The van der Waals surface area contributed by atoms with Crippen LogP contribution in [0.15, 0.2) is 24.4 Å². The first-order chi connectivity index (χ1) is 8.06. The highest BCUT2D eigenvalue weighted by molar-refractivity contribution is 6.31. The van der Waals surface area contributed by atoms with Gasteiger partial charge in [0.25, 0.3) is 0 Å². The summed E-state index contributed by atoms with van der Waals surface area (Å²) in [4.78, 5) is 7.73. The summed E-state index contributed by atoms with van der Waals surface area (Å²) in [6.45, 7) is 3.94. The number of halogens is 1. The lowest BCUT2D eigenvalue weighted by Crippen LogP contribution is -1.98. The summed E-state index contributed by atoms with van der Waals surface area (Å²) in [5.41, 5.74) is 7.59. The minimum absolute atomic E-state index is 0.134. The fourth-order valence-corrected chi connectivity index (χ4v) is 1.49. The van der Waals surface area contributed by atoms with Crippen molar-refractivity contribution in [2.45, 2.75) is 13.8 Å². The second-order valence-corrected chi connectivity index (χ2v) is 4.16. The van der Waals surface area contributed by atoms with Gasteiger partial charge >= 0.3 is 0 Å². The molecule has 0 radical (unpaired) electrons. The van der Waals surface area contributed by atoms with E-state index in [2.05, 4.69) is 9.97 Å². The number of aryl methyl sites for hydroxylation is 2. The Morgan fingerprint density at radius 3 is 2.82 bits per heavy atom. The van der Waals surface area contributed by atoms with Crippen molar-refractivity contribution in [3.8, 4) is 11.6 Å². The van der Waals surface area contributed by atoms with Crippen LogP contribution in [0.4, 0.5) is 5.95 Å². The molecule has 4 nitrogen and oxygen atoms in total. The molecular weight excluding hydrogens is 238 g/mol. The molecule has 0 unspecified atom stereocenters. The summed E-state index contributed by atoms with van der Waals surface area (Å²) in [5.74, 6) is 1.12. The van der Waals surface area contributed by atoms with Crippen LogP contribution in [0.2, 0.25) is 5.02 Å². The molecule has 5 heteroatoms. The number of hydrogen-bond donors (Lipinski definition) is 1. The average molecular weight is 250 g/mol. The quantitative estimate of drug-likeness (QED) is 0.888. The van der Waals surface area contributed by atoms with Gasteiger partial charge in [-0.2, -0.15) is 4.98 Å². The Balaban J connectivity index is 2.37. The zero-order chi connectivity index (χ0) is 12.4. The third kappa shape index (κ3) is 2.65. The summed E-state index contributed by atoms with van der Waals surface area (Å²) in [6.07, 6.45) is 1.42. The van der Waals surface area contributed by atoms with Gasteiger partial charge in [-0.15, -0.1) is 0 Å². The van der Waals surface area contributed by atoms with Gasteiger partial charge in [-0.1, -0.05) is 23.7 Å². The Hall–Kier alpha value is -1.81. The molecule has 0 saturated carbocycles. The summed E-state index contributed by atoms with van der Waals surface area (Å²) >= 11 is 5.93. The van der Waals surface area contributed by atoms with E-state index < -0.39 is 0 Å². The molecule has 2 rings (SSSR count). The number of hydrogen-bond acceptors (Lipinski definition) is 4. The molecule has 0 aliphatic rings. The first-order valence-electron chi connectivity index (χ1n) is 5.09. The van der Waals surface area contributed by atoms with Gasteiger partial charge in [0.15, 0.2) is 0 Å². The zero-order valence-electron chi connectivity index (χ0n) is 9.57. The number of nitrogen functional groups attached to an aromatic ring is 1. The SMILES string of the molecule is Cc1ccc(C)c(Oc2nc(N)ncc2Cl)c1. The zero-order valence-corrected chi connectivity index (χ0v) is 10.3. The monoisotopic (exact) mass is 249 g/mol. The molecule has 2 aromatic rings. The number of nitrogens with zero attached hydrogens (tertiary/aromatic N) is 2. The maximum Gasteiger partial charge on any atom is 0.243 e. The van der Waals surface area contributed by atoms with E-state index in [1.54, 1.807) is 0 Å². The standard InChI is InChI=1S/C12H12ClN3O/c1-7-3-4-8(2)10(5-7)17-11-9(13)6-15-12(14)16-11/h3-6H,1-2H3,(H2,14,15,16). The minimum Gasteiger partial charge on any atom is -0.437 e. The van der Waals surface area contributed by atoms with Crippen LogP contribution in [0.25, 0.3) is 0 Å². The number of rotatable bonds is 2. The number of nitrogens with two attached hydrogens (primary N) is 1. The minimum atomic E-state index is 0.134. The van der Waals surface area contributed by atoms with Gasteiger partial charge in [-0.25, -0.2) is 4.98 Å². The van der Waals surface area contributed by atoms with Crippen LogP contribution in [0.1, 0.15) is 11.1 Å². The first-order valence-corrected chi connectivity index (χ1v) is 5.47. The second kappa shape index (κ2) is 4.59. The summed E-state index contributed by atoms with van der Waals surface area (Å²) in [7, 11) is 0. The van der Waals surface area contributed by atoms with E-state index in [9.17, 15) is 0 Å². The van der Waals surface area contributed by atoms with Crippen LogP contribution in [-0.4, -0.2) is 9.97 Å². The van der Waals surface area contributed by atoms with Crippen LogP contribution in [-0.2, 0) is 0 Å². The number of ether oxygens (including phenoxy) is 1. The van der Waals surface area contributed by atoms with Crippen LogP contribution in [0, 0.1) is 13.8 Å². The lowest BCUT2D eigenvalue weighted by Gasteiger charge is -2.09. The maximum absolute atomic E-state index is 5.93. The van der Waals surface area contributed by atoms with Crippen LogP contribution >= 0.6 is 11.6 Å². The van der Waals surface area contributed by atoms with Gasteiger partial charge < -0.3 is 10.5 Å². The van der Waals surface area contributed by atoms with Gasteiger partial charge in [0.2, 0.25) is 11.8 Å². The molecule has 0 fully saturated rings. The molecule has 1 heterocycles. The highest BCUT2D eigenvalue weighted by Gasteiger charge is 2.08. The van der Waals surface area contributed by atoms with Gasteiger partial charge in [0.1, 0.15) is 10.8 Å². The van der Waals surface area contributed by atoms with Crippen molar-refractivity contribution in [1.29, 1.82) is 0 Å². The van der Waals surface area contributed by atoms with Crippen molar-refractivity contribution in [3.63, 3.8) is 0 Å². The van der Waals surface area contributed by atoms with Crippen molar-refractivity contribution in [2.24, 2.45) is 0 Å². The molecule has 0 aliphatic carbocycles. The molecule has 0 spiro atoms. The average Bonchev–Trinajstić information content (AvgIpc) is 2.28. The van der Waals surface area contributed by atoms with E-state index in [1.807, 2.05) is 32.0 Å². The fourth-order valence-electron chi connectivity index (χ4n) is 1.36. The predicted octanol–water partition coefficient (Wildman–Crippen LogP) is 3.12. The largest absolute Gasteiger partial charge is 0.437 e. The van der Waals surface area contributed by atoms with Gasteiger partial charge in [0.05, 0.1) is 6.20 Å². The van der Waals surface area contributed by atoms with E-state index >= 15 is 0 Å². The highest BCUT2D eigenvalue weighted by Crippen LogP contribution is 2.29. The number of aromatic nitrogens is 2. The van der Waals surface area contributed by atoms with Gasteiger partial charge in [-0.05, 0) is 31.0 Å². The Kier molecular flexibility index (Phi) is 3.15. The normalized spacial score (nSPS) is 10.3. The number of benzene rings is 1. The summed E-state index contributed by atoms with van der Waals surface area (Å²) in [5, 5.41) is 0.333. The van der Waals surface area contributed by atoms with Gasteiger partial charge in [0, 0.05) is 0 Å². The molecule has 88 valence electrons. The molecule has 1 aromatic carbocycles. The molecule has 1 aromatic heterocycles.